The number of carboxylic acid groups (broad SMARTS) is 1. The van der Waals surface area contributed by atoms with E-state index >= 15 is 0 Å². The molecule has 0 radical (unpaired) electrons. The van der Waals surface area contributed by atoms with Gasteiger partial charge < -0.3 is 5.11 Å². The van der Waals surface area contributed by atoms with Gasteiger partial charge in [0.15, 0.2) is 0 Å². The maximum atomic E-state index is 11.7. The molecule has 0 spiro atoms. The molecule has 0 saturated heterocycles. The van der Waals surface area contributed by atoms with Crippen LogP contribution in [-0.4, -0.2) is 23.0 Å². The summed E-state index contributed by atoms with van der Waals surface area (Å²) in [4.78, 5) is 22.2. The van der Waals surface area contributed by atoms with Crippen molar-refractivity contribution in [2.24, 2.45) is 0 Å². The molecule has 3 N–H and O–H groups in total. The SMILES string of the molecule is C[C@H](NNC(=O)c1cc(Br)cc(Br)c1)C(=O)O. The first-order valence-corrected chi connectivity index (χ1v) is 6.23. The Morgan fingerprint density at radius 2 is 1.76 bits per heavy atom. The fourth-order valence-corrected chi connectivity index (χ4v) is 2.29. The van der Waals surface area contributed by atoms with Crippen LogP contribution in [0, 0.1) is 0 Å². The first-order valence-electron chi connectivity index (χ1n) is 4.65. The van der Waals surface area contributed by atoms with Crippen molar-refractivity contribution in [2.45, 2.75) is 13.0 Å². The topological polar surface area (TPSA) is 78.4 Å². The molecule has 0 aliphatic rings. The Balaban J connectivity index is 2.67. The minimum Gasteiger partial charge on any atom is -0.480 e. The zero-order chi connectivity index (χ0) is 13.0. The highest BCUT2D eigenvalue weighted by molar-refractivity contribution is 9.11. The van der Waals surface area contributed by atoms with E-state index in [1.54, 1.807) is 18.2 Å². The number of benzene rings is 1. The molecule has 0 fully saturated rings. The Labute approximate surface area is 115 Å². The van der Waals surface area contributed by atoms with Crippen LogP contribution in [-0.2, 0) is 4.79 Å². The predicted molar refractivity (Wildman–Crippen MR) is 69.5 cm³/mol. The molecule has 0 unspecified atom stereocenters. The number of nitrogens with one attached hydrogen (secondary N) is 2. The van der Waals surface area contributed by atoms with E-state index in [0.717, 1.165) is 8.95 Å². The third-order valence-electron chi connectivity index (χ3n) is 1.90. The van der Waals surface area contributed by atoms with Crippen molar-refractivity contribution in [3.05, 3.63) is 32.7 Å². The maximum Gasteiger partial charge on any atom is 0.322 e. The Kier molecular flexibility index (Phi) is 5.10. The zero-order valence-electron chi connectivity index (χ0n) is 8.83. The van der Waals surface area contributed by atoms with E-state index < -0.39 is 17.9 Å². The van der Waals surface area contributed by atoms with E-state index in [9.17, 15) is 9.59 Å². The summed E-state index contributed by atoms with van der Waals surface area (Å²) >= 11 is 6.52. The highest BCUT2D eigenvalue weighted by Gasteiger charge is 2.12. The first-order chi connectivity index (χ1) is 7.90. The highest BCUT2D eigenvalue weighted by atomic mass is 79.9. The minimum atomic E-state index is -1.04. The van der Waals surface area contributed by atoms with Crippen LogP contribution in [0.1, 0.15) is 17.3 Å². The van der Waals surface area contributed by atoms with Crippen LogP contribution < -0.4 is 10.9 Å². The number of aliphatic carboxylic acids is 1. The van der Waals surface area contributed by atoms with E-state index in [0.29, 0.717) is 5.56 Å². The Hall–Kier alpha value is -0.920. The van der Waals surface area contributed by atoms with Gasteiger partial charge in [0.25, 0.3) is 5.91 Å². The smallest absolute Gasteiger partial charge is 0.322 e. The quantitative estimate of drug-likeness (QED) is 0.712. The largest absolute Gasteiger partial charge is 0.480 e. The lowest BCUT2D eigenvalue weighted by Gasteiger charge is -2.10. The van der Waals surface area contributed by atoms with Gasteiger partial charge in [-0.05, 0) is 25.1 Å². The molecule has 0 saturated carbocycles. The molecule has 1 amide bonds. The number of hydrogen-bond acceptors (Lipinski definition) is 3. The van der Waals surface area contributed by atoms with Crippen LogP contribution in [0.15, 0.2) is 27.1 Å². The number of carbonyl (C=O) groups excluding carboxylic acids is 1. The average molecular weight is 366 g/mol. The summed E-state index contributed by atoms with van der Waals surface area (Å²) in [6.07, 6.45) is 0. The number of halogens is 2. The number of hydrazine groups is 1. The van der Waals surface area contributed by atoms with E-state index in [1.165, 1.54) is 6.92 Å². The monoisotopic (exact) mass is 364 g/mol. The highest BCUT2D eigenvalue weighted by Crippen LogP contribution is 2.19. The van der Waals surface area contributed by atoms with Crippen molar-refractivity contribution < 1.29 is 14.7 Å². The molecule has 0 bridgehead atoms. The number of amides is 1. The third-order valence-corrected chi connectivity index (χ3v) is 2.81. The third kappa shape index (κ3) is 4.45. The second-order valence-electron chi connectivity index (χ2n) is 3.32. The van der Waals surface area contributed by atoms with Crippen molar-refractivity contribution in [2.75, 3.05) is 0 Å². The summed E-state index contributed by atoms with van der Waals surface area (Å²) in [5, 5.41) is 8.62. The van der Waals surface area contributed by atoms with E-state index in [4.69, 9.17) is 5.11 Å². The molecule has 17 heavy (non-hydrogen) atoms. The average Bonchev–Trinajstić information content (AvgIpc) is 2.23. The molecule has 5 nitrogen and oxygen atoms in total. The Morgan fingerprint density at radius 3 is 2.24 bits per heavy atom. The standard InChI is InChI=1S/C10H10Br2N2O3/c1-5(10(16)17)13-14-9(15)6-2-7(11)4-8(12)3-6/h2-5,13H,1H3,(H,14,15)(H,16,17)/t5-/m0/s1. The maximum absolute atomic E-state index is 11.7. The molecular formula is C10H10Br2N2O3. The molecule has 7 heteroatoms. The van der Waals surface area contributed by atoms with Crippen molar-refractivity contribution in [3.8, 4) is 0 Å². The molecule has 1 aromatic rings. The Bertz CT molecular complexity index is 431. The fourth-order valence-electron chi connectivity index (χ4n) is 0.993. The second-order valence-corrected chi connectivity index (χ2v) is 5.15. The molecule has 1 rings (SSSR count). The molecule has 0 aliphatic carbocycles. The van der Waals surface area contributed by atoms with Crippen molar-refractivity contribution in [1.29, 1.82) is 0 Å². The van der Waals surface area contributed by atoms with Gasteiger partial charge in [-0.15, -0.1) is 0 Å². The van der Waals surface area contributed by atoms with Crippen molar-refractivity contribution in [3.63, 3.8) is 0 Å². The van der Waals surface area contributed by atoms with Gasteiger partial charge >= 0.3 is 5.97 Å². The van der Waals surface area contributed by atoms with E-state index in [-0.39, 0.29) is 0 Å². The molecule has 1 atom stereocenters. The number of carbonyl (C=O) groups is 2. The minimum absolute atomic E-state index is 0.403. The van der Waals surface area contributed by atoms with Gasteiger partial charge in [-0.1, -0.05) is 31.9 Å². The van der Waals surface area contributed by atoms with Gasteiger partial charge in [0, 0.05) is 14.5 Å². The first kappa shape index (κ1) is 14.1. The fraction of sp³-hybridized carbons (Fsp3) is 0.200. The molecule has 0 aliphatic heterocycles. The summed E-state index contributed by atoms with van der Waals surface area (Å²) in [7, 11) is 0. The van der Waals surface area contributed by atoms with Gasteiger partial charge in [0.1, 0.15) is 6.04 Å². The van der Waals surface area contributed by atoms with E-state index in [2.05, 4.69) is 42.7 Å². The molecular weight excluding hydrogens is 356 g/mol. The zero-order valence-corrected chi connectivity index (χ0v) is 12.0. The van der Waals surface area contributed by atoms with Gasteiger partial charge in [0.2, 0.25) is 0 Å². The number of rotatable bonds is 4. The summed E-state index contributed by atoms with van der Waals surface area (Å²) < 4.78 is 1.51. The van der Waals surface area contributed by atoms with Crippen molar-refractivity contribution >= 4 is 43.7 Å². The van der Waals surface area contributed by atoms with Gasteiger partial charge in [-0.3, -0.25) is 15.0 Å². The van der Waals surface area contributed by atoms with Crippen LogP contribution >= 0.6 is 31.9 Å². The summed E-state index contributed by atoms with van der Waals surface area (Å²) in [6.45, 7) is 1.43. The van der Waals surface area contributed by atoms with E-state index in [1.807, 2.05) is 0 Å². The summed E-state index contributed by atoms with van der Waals surface area (Å²) in [6, 6.07) is 4.21. The van der Waals surface area contributed by atoms with Gasteiger partial charge in [-0.2, -0.15) is 0 Å². The second kappa shape index (κ2) is 6.13. The lowest BCUT2D eigenvalue weighted by Crippen LogP contribution is -2.46. The van der Waals surface area contributed by atoms with Crippen LogP contribution in [0.4, 0.5) is 0 Å². The number of carboxylic acids is 1. The van der Waals surface area contributed by atoms with Crippen molar-refractivity contribution in [1.82, 2.24) is 10.9 Å². The lowest BCUT2D eigenvalue weighted by molar-refractivity contribution is -0.139. The summed E-state index contributed by atoms with van der Waals surface area (Å²) in [5.74, 6) is -1.44. The van der Waals surface area contributed by atoms with Gasteiger partial charge in [0.05, 0.1) is 0 Å². The predicted octanol–water partition coefficient (Wildman–Crippen LogP) is 1.92. The van der Waals surface area contributed by atoms with Gasteiger partial charge in [-0.25, -0.2) is 5.43 Å². The summed E-state index contributed by atoms with van der Waals surface area (Å²) in [5.41, 5.74) is 5.13. The molecule has 0 aromatic heterocycles. The molecule has 0 heterocycles. The lowest BCUT2D eigenvalue weighted by atomic mass is 10.2. The normalized spacial score (nSPS) is 11.9. The molecule has 1 aromatic carbocycles. The van der Waals surface area contributed by atoms with Crippen LogP contribution in [0.25, 0.3) is 0 Å². The Morgan fingerprint density at radius 1 is 1.24 bits per heavy atom. The molecule has 92 valence electrons. The number of hydrogen-bond donors (Lipinski definition) is 3. The van der Waals surface area contributed by atoms with Crippen LogP contribution in [0.3, 0.4) is 0 Å². The van der Waals surface area contributed by atoms with Crippen LogP contribution in [0.2, 0.25) is 0 Å². The van der Waals surface area contributed by atoms with Crippen LogP contribution in [0.5, 0.6) is 0 Å².